The van der Waals surface area contributed by atoms with E-state index < -0.39 is 27.7 Å². The van der Waals surface area contributed by atoms with E-state index in [0.29, 0.717) is 0 Å². The Hall–Kier alpha value is -2.53. The third-order valence-electron chi connectivity index (χ3n) is 6.70. The van der Waals surface area contributed by atoms with Crippen LogP contribution in [-0.4, -0.2) is 50.0 Å². The van der Waals surface area contributed by atoms with Crippen molar-refractivity contribution < 1.29 is 26.8 Å². The summed E-state index contributed by atoms with van der Waals surface area (Å²) in [5.41, 5.74) is 0.814. The van der Waals surface area contributed by atoms with E-state index in [-0.39, 0.29) is 49.5 Å². The molecular weight excluding hydrogens is 580 g/mol. The maximum absolute atomic E-state index is 13.8. The van der Waals surface area contributed by atoms with Crippen LogP contribution in [0.15, 0.2) is 46.9 Å². The molecule has 0 heterocycles. The van der Waals surface area contributed by atoms with E-state index in [4.69, 9.17) is 0 Å². The van der Waals surface area contributed by atoms with Gasteiger partial charge in [0.05, 0.1) is 11.9 Å². The summed E-state index contributed by atoms with van der Waals surface area (Å²) < 4.78 is 53.6. The van der Waals surface area contributed by atoms with Crippen molar-refractivity contribution in [3.8, 4) is 0 Å². The molecule has 0 aliphatic heterocycles. The molecule has 208 valence electrons. The third-order valence-corrected chi connectivity index (χ3v) is 8.39. The van der Waals surface area contributed by atoms with Crippen LogP contribution in [0.2, 0.25) is 0 Å². The van der Waals surface area contributed by atoms with Crippen molar-refractivity contribution >= 4 is 43.5 Å². The van der Waals surface area contributed by atoms with Crippen LogP contribution in [0.1, 0.15) is 57.4 Å². The standard InChI is InChI=1S/C27H34BrF2N3O4S/c1-19(27(35)31-22-10-4-3-5-11-22)32(18-20-8-6-9-21(28)16-20)26(34)12-7-15-33(38(2,36)37)23-13-14-24(29)25(30)17-23/h6,8-9,13-14,16-17,19,22H,3-5,7,10-12,15,18H2,1-2H3,(H,31,35)/t19-/m1/s1. The zero-order valence-electron chi connectivity index (χ0n) is 21.6. The highest BCUT2D eigenvalue weighted by Crippen LogP contribution is 2.23. The Bertz CT molecular complexity index is 1240. The quantitative estimate of drug-likeness (QED) is 0.380. The van der Waals surface area contributed by atoms with Crippen molar-refractivity contribution in [2.24, 2.45) is 0 Å². The van der Waals surface area contributed by atoms with Crippen LogP contribution in [0.4, 0.5) is 14.5 Å². The van der Waals surface area contributed by atoms with E-state index in [2.05, 4.69) is 21.2 Å². The van der Waals surface area contributed by atoms with Gasteiger partial charge in [-0.15, -0.1) is 0 Å². The SMILES string of the molecule is C[C@H](C(=O)NC1CCCCC1)N(Cc1cccc(Br)c1)C(=O)CCCN(c1ccc(F)c(F)c1)S(C)(=O)=O. The molecule has 0 spiro atoms. The molecule has 2 amide bonds. The second-order valence-electron chi connectivity index (χ2n) is 9.71. The summed E-state index contributed by atoms with van der Waals surface area (Å²) in [4.78, 5) is 28.0. The first-order valence-corrected chi connectivity index (χ1v) is 15.4. The number of nitrogens with one attached hydrogen (secondary N) is 1. The monoisotopic (exact) mass is 613 g/mol. The van der Waals surface area contributed by atoms with Crippen LogP contribution in [0.3, 0.4) is 0 Å². The minimum Gasteiger partial charge on any atom is -0.352 e. The maximum atomic E-state index is 13.8. The largest absolute Gasteiger partial charge is 0.352 e. The van der Waals surface area contributed by atoms with Gasteiger partial charge >= 0.3 is 0 Å². The van der Waals surface area contributed by atoms with Crippen LogP contribution in [0.25, 0.3) is 0 Å². The molecule has 1 fully saturated rings. The lowest BCUT2D eigenvalue weighted by atomic mass is 9.95. The average molecular weight is 615 g/mol. The Morgan fingerprint density at radius 1 is 1.08 bits per heavy atom. The molecule has 1 aliphatic rings. The fraction of sp³-hybridized carbons (Fsp3) is 0.481. The molecule has 0 saturated heterocycles. The summed E-state index contributed by atoms with van der Waals surface area (Å²) in [6.45, 7) is 1.79. The predicted octanol–water partition coefficient (Wildman–Crippen LogP) is 5.14. The van der Waals surface area contributed by atoms with Gasteiger partial charge < -0.3 is 10.2 Å². The molecule has 0 unspecified atom stereocenters. The molecule has 2 aromatic carbocycles. The highest BCUT2D eigenvalue weighted by atomic mass is 79.9. The smallest absolute Gasteiger partial charge is 0.242 e. The number of anilines is 1. The van der Waals surface area contributed by atoms with Crippen molar-refractivity contribution in [3.05, 3.63) is 64.1 Å². The minimum absolute atomic E-state index is 0.0231. The van der Waals surface area contributed by atoms with E-state index in [1.807, 2.05) is 24.3 Å². The van der Waals surface area contributed by atoms with E-state index in [9.17, 15) is 26.8 Å². The lowest BCUT2D eigenvalue weighted by Crippen LogP contribution is -2.50. The first kappa shape index (κ1) is 30.0. The Balaban J connectivity index is 1.72. The zero-order chi connectivity index (χ0) is 27.9. The molecule has 11 heteroatoms. The number of hydrogen-bond donors (Lipinski definition) is 1. The number of benzene rings is 2. The van der Waals surface area contributed by atoms with Gasteiger partial charge in [0.1, 0.15) is 6.04 Å². The summed E-state index contributed by atoms with van der Waals surface area (Å²) in [5.74, 6) is -2.78. The van der Waals surface area contributed by atoms with Gasteiger partial charge in [0.2, 0.25) is 21.8 Å². The molecule has 0 bridgehead atoms. The number of halogens is 3. The van der Waals surface area contributed by atoms with Gasteiger partial charge in [-0.05, 0) is 56.0 Å². The number of hydrogen-bond acceptors (Lipinski definition) is 4. The van der Waals surface area contributed by atoms with Gasteiger partial charge in [0.25, 0.3) is 0 Å². The Morgan fingerprint density at radius 2 is 1.79 bits per heavy atom. The van der Waals surface area contributed by atoms with Crippen LogP contribution < -0.4 is 9.62 Å². The summed E-state index contributed by atoms with van der Waals surface area (Å²) >= 11 is 3.43. The lowest BCUT2D eigenvalue weighted by Gasteiger charge is -2.31. The van der Waals surface area contributed by atoms with Gasteiger partial charge in [-0.2, -0.15) is 0 Å². The number of nitrogens with zero attached hydrogens (tertiary/aromatic N) is 2. The summed E-state index contributed by atoms with van der Waals surface area (Å²) in [6, 6.07) is 9.68. The van der Waals surface area contributed by atoms with Crippen LogP contribution in [-0.2, 0) is 26.2 Å². The number of sulfonamides is 1. The van der Waals surface area contributed by atoms with Crippen LogP contribution in [0, 0.1) is 11.6 Å². The van der Waals surface area contributed by atoms with Crippen molar-refractivity contribution in [1.82, 2.24) is 10.2 Å². The first-order chi connectivity index (χ1) is 18.0. The molecule has 1 aliphatic carbocycles. The normalized spacial score (nSPS) is 15.1. The molecule has 0 radical (unpaired) electrons. The highest BCUT2D eigenvalue weighted by molar-refractivity contribution is 9.10. The molecule has 0 aromatic heterocycles. The number of amides is 2. The Kier molecular flexibility index (Phi) is 10.7. The lowest BCUT2D eigenvalue weighted by molar-refractivity contribution is -0.141. The second-order valence-corrected chi connectivity index (χ2v) is 12.5. The van der Waals surface area contributed by atoms with E-state index >= 15 is 0 Å². The zero-order valence-corrected chi connectivity index (χ0v) is 24.0. The molecule has 2 aromatic rings. The van der Waals surface area contributed by atoms with Gasteiger partial charge in [0.15, 0.2) is 11.6 Å². The molecular formula is C27H34BrF2N3O4S. The molecule has 7 nitrogen and oxygen atoms in total. The molecule has 1 atom stereocenters. The highest BCUT2D eigenvalue weighted by Gasteiger charge is 2.28. The number of rotatable bonds is 11. The van der Waals surface area contributed by atoms with Crippen LogP contribution >= 0.6 is 15.9 Å². The fourth-order valence-corrected chi connectivity index (χ4v) is 6.03. The molecule has 38 heavy (non-hydrogen) atoms. The van der Waals surface area contributed by atoms with Crippen molar-refractivity contribution in [2.45, 2.75) is 70.5 Å². The van der Waals surface area contributed by atoms with Gasteiger partial charge in [0, 0.05) is 36.1 Å². The first-order valence-electron chi connectivity index (χ1n) is 12.7. The molecule has 1 saturated carbocycles. The van der Waals surface area contributed by atoms with Gasteiger partial charge in [-0.25, -0.2) is 17.2 Å². The minimum atomic E-state index is -3.82. The average Bonchev–Trinajstić information content (AvgIpc) is 2.86. The van der Waals surface area contributed by atoms with Crippen molar-refractivity contribution in [2.75, 3.05) is 17.1 Å². The summed E-state index contributed by atoms with van der Waals surface area (Å²) in [5, 5.41) is 3.08. The van der Waals surface area contributed by atoms with E-state index in [1.54, 1.807) is 6.92 Å². The van der Waals surface area contributed by atoms with Crippen molar-refractivity contribution in [1.29, 1.82) is 0 Å². The van der Waals surface area contributed by atoms with E-state index in [1.165, 1.54) is 11.0 Å². The van der Waals surface area contributed by atoms with E-state index in [0.717, 1.165) is 64.8 Å². The van der Waals surface area contributed by atoms with Gasteiger partial charge in [-0.1, -0.05) is 47.3 Å². The summed E-state index contributed by atoms with van der Waals surface area (Å²) in [7, 11) is -3.82. The summed E-state index contributed by atoms with van der Waals surface area (Å²) in [6.07, 6.45) is 6.18. The van der Waals surface area contributed by atoms with Crippen LogP contribution in [0.5, 0.6) is 0 Å². The second kappa shape index (κ2) is 13.5. The molecule has 3 rings (SSSR count). The topological polar surface area (TPSA) is 86.8 Å². The Morgan fingerprint density at radius 3 is 2.42 bits per heavy atom. The Labute approximate surface area is 231 Å². The van der Waals surface area contributed by atoms with Crippen molar-refractivity contribution in [3.63, 3.8) is 0 Å². The maximum Gasteiger partial charge on any atom is 0.242 e. The number of carbonyl (C=O) groups is 2. The molecule has 1 N–H and O–H groups in total. The third kappa shape index (κ3) is 8.49. The fourth-order valence-electron chi connectivity index (χ4n) is 4.63. The van der Waals surface area contributed by atoms with Gasteiger partial charge in [-0.3, -0.25) is 13.9 Å². The predicted molar refractivity (Wildman–Crippen MR) is 147 cm³/mol. The number of carbonyl (C=O) groups excluding carboxylic acids is 2.